The largest absolute Gasteiger partial charge is 0.442 e. The van der Waals surface area contributed by atoms with Crippen molar-refractivity contribution in [1.82, 2.24) is 9.78 Å². The molecule has 1 atom stereocenters. The molecule has 1 rings (SSSR count). The van der Waals surface area contributed by atoms with Crippen LogP contribution in [0.15, 0.2) is 4.47 Å². The first-order valence-corrected chi connectivity index (χ1v) is 4.31. The summed E-state index contributed by atoms with van der Waals surface area (Å²) in [5.41, 5.74) is 0.908. The predicted octanol–water partition coefficient (Wildman–Crippen LogP) is 2.19. The van der Waals surface area contributed by atoms with E-state index in [1.165, 1.54) is 6.92 Å². The molecule has 0 fully saturated rings. The van der Waals surface area contributed by atoms with Gasteiger partial charge in [-0.2, -0.15) is 0 Å². The summed E-state index contributed by atoms with van der Waals surface area (Å²) in [6.45, 7) is 3.18. The zero-order chi connectivity index (χ0) is 9.30. The molecule has 0 aliphatic heterocycles. The van der Waals surface area contributed by atoms with E-state index < -0.39 is 6.36 Å². The second-order valence-corrected chi connectivity index (χ2v) is 3.28. The van der Waals surface area contributed by atoms with E-state index in [2.05, 4.69) is 21.0 Å². The molecule has 0 aliphatic rings. The number of rotatable bonds is 2. The molecule has 0 N–H and O–H groups in total. The molecule has 5 heteroatoms. The Kier molecular flexibility index (Phi) is 2.72. The van der Waals surface area contributed by atoms with Crippen molar-refractivity contribution in [2.24, 2.45) is 7.05 Å². The standard InChI is InChI=1S/C7H10BrFN2O/c1-4-6(8)7(10-11(4)3)12-5(2)9/h5H,1-3H3. The fourth-order valence-corrected chi connectivity index (χ4v) is 1.21. The summed E-state index contributed by atoms with van der Waals surface area (Å²) < 4.78 is 19.5. The fraction of sp³-hybridized carbons (Fsp3) is 0.571. The van der Waals surface area contributed by atoms with E-state index in [9.17, 15) is 4.39 Å². The molecule has 0 saturated heterocycles. The summed E-state index contributed by atoms with van der Waals surface area (Å²) >= 11 is 3.25. The fourth-order valence-electron chi connectivity index (χ4n) is 0.781. The topological polar surface area (TPSA) is 27.1 Å². The Morgan fingerprint density at radius 3 is 2.58 bits per heavy atom. The van der Waals surface area contributed by atoms with Gasteiger partial charge in [0.1, 0.15) is 4.47 Å². The van der Waals surface area contributed by atoms with Gasteiger partial charge in [-0.3, -0.25) is 4.68 Å². The zero-order valence-electron chi connectivity index (χ0n) is 7.14. The highest BCUT2D eigenvalue weighted by atomic mass is 79.9. The van der Waals surface area contributed by atoms with Crippen molar-refractivity contribution in [2.45, 2.75) is 20.2 Å². The van der Waals surface area contributed by atoms with Crippen molar-refractivity contribution in [3.05, 3.63) is 10.2 Å². The first-order chi connectivity index (χ1) is 5.52. The summed E-state index contributed by atoms with van der Waals surface area (Å²) in [7, 11) is 1.77. The molecule has 1 aromatic heterocycles. The first-order valence-electron chi connectivity index (χ1n) is 3.52. The van der Waals surface area contributed by atoms with Gasteiger partial charge < -0.3 is 4.74 Å². The summed E-state index contributed by atoms with van der Waals surface area (Å²) in [6, 6.07) is 0. The molecular weight excluding hydrogens is 227 g/mol. The smallest absolute Gasteiger partial charge is 0.250 e. The number of hydrogen-bond acceptors (Lipinski definition) is 2. The quantitative estimate of drug-likeness (QED) is 0.788. The number of halogens is 2. The first kappa shape index (κ1) is 9.51. The van der Waals surface area contributed by atoms with Gasteiger partial charge in [-0.05, 0) is 22.9 Å². The Hall–Kier alpha value is -0.580. The van der Waals surface area contributed by atoms with Crippen molar-refractivity contribution in [2.75, 3.05) is 0 Å². The van der Waals surface area contributed by atoms with Crippen LogP contribution in [0.4, 0.5) is 4.39 Å². The van der Waals surface area contributed by atoms with E-state index in [0.717, 1.165) is 5.69 Å². The van der Waals surface area contributed by atoms with Crippen LogP contribution < -0.4 is 4.74 Å². The highest BCUT2D eigenvalue weighted by molar-refractivity contribution is 9.10. The molecule has 0 bridgehead atoms. The van der Waals surface area contributed by atoms with Gasteiger partial charge in [0.15, 0.2) is 0 Å². The van der Waals surface area contributed by atoms with E-state index in [1.54, 1.807) is 11.7 Å². The Morgan fingerprint density at radius 1 is 1.67 bits per heavy atom. The van der Waals surface area contributed by atoms with Gasteiger partial charge >= 0.3 is 0 Å². The lowest BCUT2D eigenvalue weighted by Crippen LogP contribution is -2.04. The maximum Gasteiger partial charge on any atom is 0.250 e. The molecular formula is C7H10BrFN2O. The molecule has 68 valence electrons. The van der Waals surface area contributed by atoms with Crippen LogP contribution in [0.25, 0.3) is 0 Å². The van der Waals surface area contributed by atoms with Gasteiger partial charge in [0, 0.05) is 14.0 Å². The number of aromatic nitrogens is 2. The molecule has 3 nitrogen and oxygen atoms in total. The van der Waals surface area contributed by atoms with Crippen LogP contribution in [0.1, 0.15) is 12.6 Å². The Labute approximate surface area is 78.6 Å². The zero-order valence-corrected chi connectivity index (χ0v) is 8.72. The van der Waals surface area contributed by atoms with Gasteiger partial charge in [-0.15, -0.1) is 5.10 Å². The van der Waals surface area contributed by atoms with Crippen LogP contribution in [-0.4, -0.2) is 16.1 Å². The maximum absolute atomic E-state index is 12.4. The highest BCUT2D eigenvalue weighted by Crippen LogP contribution is 2.27. The number of hydrogen-bond donors (Lipinski definition) is 0. The van der Waals surface area contributed by atoms with Crippen molar-refractivity contribution in [3.63, 3.8) is 0 Å². The molecule has 0 aliphatic carbocycles. The van der Waals surface area contributed by atoms with Crippen LogP contribution >= 0.6 is 15.9 Å². The summed E-state index contributed by atoms with van der Waals surface area (Å²) in [4.78, 5) is 0. The Morgan fingerprint density at radius 2 is 2.25 bits per heavy atom. The van der Waals surface area contributed by atoms with Crippen LogP contribution in [0.3, 0.4) is 0 Å². The SMILES string of the molecule is Cc1c(Br)c(OC(C)F)nn1C. The second kappa shape index (κ2) is 3.43. The van der Waals surface area contributed by atoms with Crippen molar-refractivity contribution < 1.29 is 9.13 Å². The minimum absolute atomic E-state index is 0.296. The van der Waals surface area contributed by atoms with Crippen LogP contribution in [-0.2, 0) is 7.05 Å². The summed E-state index contributed by atoms with van der Waals surface area (Å²) in [5, 5.41) is 3.96. The Bertz CT molecular complexity index is 285. The molecule has 1 unspecified atom stereocenters. The minimum atomic E-state index is -1.34. The molecule has 1 aromatic rings. The molecule has 12 heavy (non-hydrogen) atoms. The van der Waals surface area contributed by atoms with E-state index in [0.29, 0.717) is 10.4 Å². The molecule has 0 radical (unpaired) electrons. The minimum Gasteiger partial charge on any atom is -0.442 e. The van der Waals surface area contributed by atoms with E-state index in [4.69, 9.17) is 4.74 Å². The van der Waals surface area contributed by atoms with Gasteiger partial charge in [0.2, 0.25) is 12.2 Å². The van der Waals surface area contributed by atoms with Crippen LogP contribution in [0.2, 0.25) is 0 Å². The molecule has 0 aromatic carbocycles. The third-order valence-electron chi connectivity index (χ3n) is 1.51. The lowest BCUT2D eigenvalue weighted by Gasteiger charge is -2.02. The highest BCUT2D eigenvalue weighted by Gasteiger charge is 2.13. The van der Waals surface area contributed by atoms with E-state index in [-0.39, 0.29) is 0 Å². The third kappa shape index (κ3) is 1.77. The van der Waals surface area contributed by atoms with Gasteiger partial charge in [-0.1, -0.05) is 0 Å². The number of nitrogens with zero attached hydrogens (tertiary/aromatic N) is 2. The lowest BCUT2D eigenvalue weighted by molar-refractivity contribution is 0.0795. The molecule has 0 saturated carbocycles. The lowest BCUT2D eigenvalue weighted by atomic mass is 10.5. The summed E-state index contributed by atoms with van der Waals surface area (Å²) in [6.07, 6.45) is -1.34. The molecule has 0 amide bonds. The third-order valence-corrected chi connectivity index (χ3v) is 2.42. The van der Waals surface area contributed by atoms with Crippen LogP contribution in [0, 0.1) is 6.92 Å². The maximum atomic E-state index is 12.4. The number of alkyl halides is 1. The average Bonchev–Trinajstić information content (AvgIpc) is 2.17. The number of ether oxygens (including phenoxy) is 1. The van der Waals surface area contributed by atoms with Gasteiger partial charge in [0.05, 0.1) is 5.69 Å². The average molecular weight is 237 g/mol. The van der Waals surface area contributed by atoms with Crippen molar-refractivity contribution in [1.29, 1.82) is 0 Å². The second-order valence-electron chi connectivity index (χ2n) is 2.49. The van der Waals surface area contributed by atoms with E-state index in [1.807, 2.05) is 6.92 Å². The predicted molar refractivity (Wildman–Crippen MR) is 46.8 cm³/mol. The number of aryl methyl sites for hydroxylation is 1. The summed E-state index contributed by atoms with van der Waals surface area (Å²) in [5.74, 6) is 0.296. The Balaban J connectivity index is 2.93. The van der Waals surface area contributed by atoms with Crippen LogP contribution in [0.5, 0.6) is 5.88 Å². The normalized spacial score (nSPS) is 13.1. The van der Waals surface area contributed by atoms with Crippen molar-refractivity contribution >= 4 is 15.9 Å². The van der Waals surface area contributed by atoms with Crippen molar-refractivity contribution in [3.8, 4) is 5.88 Å². The van der Waals surface area contributed by atoms with E-state index >= 15 is 0 Å². The molecule has 0 spiro atoms. The van der Waals surface area contributed by atoms with Gasteiger partial charge in [-0.25, -0.2) is 4.39 Å². The monoisotopic (exact) mass is 236 g/mol. The van der Waals surface area contributed by atoms with Gasteiger partial charge in [0.25, 0.3) is 0 Å². The molecule has 1 heterocycles.